The first-order chi connectivity index (χ1) is 17.0. The van der Waals surface area contributed by atoms with Gasteiger partial charge < -0.3 is 15.2 Å². The van der Waals surface area contributed by atoms with E-state index in [9.17, 15) is 14.7 Å². The number of pyridine rings is 3. The van der Waals surface area contributed by atoms with Crippen molar-refractivity contribution in [2.45, 2.75) is 13.5 Å². The third-order valence-corrected chi connectivity index (χ3v) is 5.84. The van der Waals surface area contributed by atoms with Crippen LogP contribution >= 0.6 is 11.6 Å². The molecule has 3 heterocycles. The van der Waals surface area contributed by atoms with E-state index < -0.39 is 5.91 Å². The van der Waals surface area contributed by atoms with Crippen molar-refractivity contribution in [2.24, 2.45) is 0 Å². The molecular weight excluding hydrogens is 468 g/mol. The maximum absolute atomic E-state index is 12.7. The van der Waals surface area contributed by atoms with Gasteiger partial charge in [0.05, 0.1) is 30.1 Å². The van der Waals surface area contributed by atoms with Gasteiger partial charge in [-0.3, -0.25) is 19.6 Å². The summed E-state index contributed by atoms with van der Waals surface area (Å²) in [6.45, 7) is 1.66. The average Bonchev–Trinajstić information content (AvgIpc) is 2.90. The zero-order valence-electron chi connectivity index (χ0n) is 18.9. The molecule has 3 aromatic heterocycles. The third-order valence-electron chi connectivity index (χ3n) is 5.46. The fraction of sp³-hybridized carbons (Fsp3) is 0.115. The molecule has 8 nitrogen and oxygen atoms in total. The van der Waals surface area contributed by atoms with Crippen LogP contribution in [0.1, 0.15) is 32.0 Å². The molecule has 0 atom stereocenters. The van der Waals surface area contributed by atoms with E-state index in [-0.39, 0.29) is 12.3 Å². The first-order valence-electron chi connectivity index (χ1n) is 10.6. The fourth-order valence-electron chi connectivity index (χ4n) is 3.57. The van der Waals surface area contributed by atoms with Crippen molar-refractivity contribution in [3.8, 4) is 28.4 Å². The number of aldehydes is 1. The quantitative estimate of drug-likeness (QED) is 0.361. The second kappa shape index (κ2) is 10.4. The number of aliphatic hydroxyl groups is 1. The van der Waals surface area contributed by atoms with Crippen LogP contribution in [0.5, 0.6) is 5.88 Å². The van der Waals surface area contributed by atoms with Crippen LogP contribution in [-0.2, 0) is 6.61 Å². The molecule has 0 spiro atoms. The van der Waals surface area contributed by atoms with Gasteiger partial charge in [0.1, 0.15) is 5.69 Å². The van der Waals surface area contributed by atoms with Crippen LogP contribution in [0.2, 0.25) is 5.02 Å². The van der Waals surface area contributed by atoms with E-state index in [0.717, 1.165) is 11.1 Å². The molecule has 0 aliphatic rings. The summed E-state index contributed by atoms with van der Waals surface area (Å²) in [6, 6.07) is 13.7. The number of nitrogens with zero attached hydrogens (tertiary/aromatic N) is 3. The molecule has 0 fully saturated rings. The second-order valence-electron chi connectivity index (χ2n) is 7.57. The SMILES string of the molecule is COc1nc(-c2ccnc(-c3cccc(NC(=O)c4ccc(C=O)cn4)c3C)c2Cl)ccc1CO. The summed E-state index contributed by atoms with van der Waals surface area (Å²) >= 11 is 6.78. The number of hydrogen-bond acceptors (Lipinski definition) is 7. The summed E-state index contributed by atoms with van der Waals surface area (Å²) in [5, 5.41) is 12.7. The number of hydrogen-bond donors (Lipinski definition) is 2. The molecule has 0 bridgehead atoms. The van der Waals surface area contributed by atoms with Gasteiger partial charge >= 0.3 is 0 Å². The number of carbonyl (C=O) groups is 2. The fourth-order valence-corrected chi connectivity index (χ4v) is 3.88. The van der Waals surface area contributed by atoms with Crippen LogP contribution in [0, 0.1) is 6.92 Å². The first kappa shape index (κ1) is 24.0. The zero-order valence-corrected chi connectivity index (χ0v) is 19.7. The number of aliphatic hydroxyl groups excluding tert-OH is 1. The number of anilines is 1. The molecule has 35 heavy (non-hydrogen) atoms. The van der Waals surface area contributed by atoms with Crippen molar-refractivity contribution >= 4 is 29.5 Å². The summed E-state index contributed by atoms with van der Waals surface area (Å²) in [7, 11) is 1.49. The Hall–Kier alpha value is -4.14. The standard InChI is InChI=1S/C26H21ClN4O4/c1-15-18(4-3-5-20(15)30-25(34)22-8-6-16(13-32)12-29-22)24-23(27)19(10-11-28-24)21-9-7-17(14-33)26(31-21)35-2/h3-13,33H,14H2,1-2H3,(H,30,34). The number of aromatic nitrogens is 3. The minimum absolute atomic E-state index is 0.185. The number of amides is 1. The molecule has 0 radical (unpaired) electrons. The maximum Gasteiger partial charge on any atom is 0.274 e. The number of carbonyl (C=O) groups excluding carboxylic acids is 2. The summed E-state index contributed by atoms with van der Waals surface area (Å²) in [4.78, 5) is 36.5. The lowest BCUT2D eigenvalue weighted by molar-refractivity contribution is 0.102. The van der Waals surface area contributed by atoms with Crippen LogP contribution in [0.25, 0.3) is 22.5 Å². The Balaban J connectivity index is 1.69. The number of halogens is 1. The molecule has 0 aliphatic carbocycles. The normalized spacial score (nSPS) is 10.6. The molecule has 0 aliphatic heterocycles. The van der Waals surface area contributed by atoms with Gasteiger partial charge in [-0.2, -0.15) is 0 Å². The van der Waals surface area contributed by atoms with E-state index in [1.54, 1.807) is 36.5 Å². The van der Waals surface area contributed by atoms with Gasteiger partial charge in [-0.15, -0.1) is 0 Å². The van der Waals surface area contributed by atoms with Gasteiger partial charge in [-0.25, -0.2) is 4.98 Å². The third kappa shape index (κ3) is 4.89. The zero-order chi connectivity index (χ0) is 24.9. The van der Waals surface area contributed by atoms with Crippen molar-refractivity contribution in [2.75, 3.05) is 12.4 Å². The highest BCUT2D eigenvalue weighted by Gasteiger charge is 2.18. The van der Waals surface area contributed by atoms with Gasteiger partial charge in [0, 0.05) is 40.3 Å². The van der Waals surface area contributed by atoms with Crippen LogP contribution in [0.4, 0.5) is 5.69 Å². The van der Waals surface area contributed by atoms with E-state index in [2.05, 4.69) is 20.3 Å². The molecule has 9 heteroatoms. The smallest absolute Gasteiger partial charge is 0.274 e. The highest BCUT2D eigenvalue weighted by Crippen LogP contribution is 2.37. The first-order valence-corrected chi connectivity index (χ1v) is 11.0. The van der Waals surface area contributed by atoms with Crippen LogP contribution in [0.3, 0.4) is 0 Å². The predicted octanol–water partition coefficient (Wildman–Crippen LogP) is 4.73. The number of ether oxygens (including phenoxy) is 1. The van der Waals surface area contributed by atoms with E-state index >= 15 is 0 Å². The highest BCUT2D eigenvalue weighted by molar-refractivity contribution is 6.35. The minimum atomic E-state index is -0.407. The van der Waals surface area contributed by atoms with Crippen molar-refractivity contribution in [1.29, 1.82) is 0 Å². The number of benzene rings is 1. The molecule has 176 valence electrons. The largest absolute Gasteiger partial charge is 0.481 e. The van der Waals surface area contributed by atoms with Gasteiger partial charge in [0.15, 0.2) is 6.29 Å². The van der Waals surface area contributed by atoms with Gasteiger partial charge in [0.25, 0.3) is 5.91 Å². The summed E-state index contributed by atoms with van der Waals surface area (Å²) in [5.41, 5.74) is 4.95. The predicted molar refractivity (Wildman–Crippen MR) is 133 cm³/mol. The number of rotatable bonds is 7. The summed E-state index contributed by atoms with van der Waals surface area (Å²) < 4.78 is 5.28. The van der Waals surface area contributed by atoms with Crippen molar-refractivity contribution < 1.29 is 19.4 Å². The average molecular weight is 489 g/mol. The highest BCUT2D eigenvalue weighted by atomic mass is 35.5. The number of nitrogens with one attached hydrogen (secondary N) is 1. The summed E-state index contributed by atoms with van der Waals surface area (Å²) in [6.07, 6.45) is 3.64. The topological polar surface area (TPSA) is 114 Å². The maximum atomic E-state index is 12.7. The minimum Gasteiger partial charge on any atom is -0.481 e. The Labute approximate surface area is 206 Å². The van der Waals surface area contributed by atoms with Crippen molar-refractivity contribution in [3.63, 3.8) is 0 Å². The molecule has 0 saturated carbocycles. The monoisotopic (exact) mass is 488 g/mol. The lowest BCUT2D eigenvalue weighted by Crippen LogP contribution is -2.14. The van der Waals surface area contributed by atoms with Gasteiger partial charge in [-0.05, 0) is 48.9 Å². The van der Waals surface area contributed by atoms with Crippen LogP contribution in [0.15, 0.2) is 60.9 Å². The van der Waals surface area contributed by atoms with Crippen molar-refractivity contribution in [3.05, 3.63) is 88.3 Å². The molecule has 2 N–H and O–H groups in total. The Morgan fingerprint density at radius 3 is 2.63 bits per heavy atom. The Morgan fingerprint density at radius 2 is 1.94 bits per heavy atom. The van der Waals surface area contributed by atoms with Crippen molar-refractivity contribution in [1.82, 2.24) is 15.0 Å². The van der Waals surface area contributed by atoms with Gasteiger partial charge in [-0.1, -0.05) is 23.7 Å². The van der Waals surface area contributed by atoms with Crippen LogP contribution < -0.4 is 10.1 Å². The van der Waals surface area contributed by atoms with E-state index in [1.165, 1.54) is 25.4 Å². The van der Waals surface area contributed by atoms with E-state index in [1.807, 2.05) is 13.0 Å². The molecule has 1 aromatic carbocycles. The number of methoxy groups -OCH3 is 1. The Bertz CT molecular complexity index is 1410. The molecule has 4 aromatic rings. The van der Waals surface area contributed by atoms with Crippen LogP contribution in [-0.4, -0.2) is 39.4 Å². The second-order valence-corrected chi connectivity index (χ2v) is 7.95. The summed E-state index contributed by atoms with van der Waals surface area (Å²) in [5.74, 6) is -0.0918. The molecular formula is C26H21ClN4O4. The Kier molecular flexibility index (Phi) is 7.14. The van der Waals surface area contributed by atoms with Gasteiger partial charge in [0.2, 0.25) is 5.88 Å². The molecule has 0 saturated heterocycles. The lowest BCUT2D eigenvalue weighted by atomic mass is 10.0. The van der Waals surface area contributed by atoms with E-state index in [4.69, 9.17) is 16.3 Å². The Morgan fingerprint density at radius 1 is 1.11 bits per heavy atom. The molecule has 1 amide bonds. The van der Waals surface area contributed by atoms with E-state index in [0.29, 0.717) is 51.0 Å². The molecule has 4 rings (SSSR count). The lowest BCUT2D eigenvalue weighted by Gasteiger charge is -2.15. The molecule has 0 unspecified atom stereocenters.